The number of halogens is 3. The Morgan fingerprint density at radius 2 is 1.93 bits per heavy atom. The second-order valence-corrected chi connectivity index (χ2v) is 3.10. The summed E-state index contributed by atoms with van der Waals surface area (Å²) in [6.07, 6.45) is -4.40. The molecule has 1 aromatic rings. The van der Waals surface area contributed by atoms with Gasteiger partial charge in [-0.1, -0.05) is 12.1 Å². The van der Waals surface area contributed by atoms with Gasteiger partial charge in [-0.05, 0) is 19.1 Å². The molecule has 0 aliphatic heterocycles. The minimum absolute atomic E-state index is 0.0693. The monoisotopic (exact) mass is 217 g/mol. The van der Waals surface area contributed by atoms with Gasteiger partial charge < -0.3 is 5.32 Å². The molecule has 0 radical (unpaired) electrons. The third-order valence-corrected chi connectivity index (χ3v) is 1.76. The highest BCUT2D eigenvalue weighted by Gasteiger charge is 2.32. The number of hydrogen-bond acceptors (Lipinski definition) is 2. The maximum absolute atomic E-state index is 12.4. The van der Waals surface area contributed by atoms with E-state index in [-0.39, 0.29) is 18.0 Å². The Hall–Kier alpha value is -1.52. The Balaban J connectivity index is 2.92. The second kappa shape index (κ2) is 4.33. The van der Waals surface area contributed by atoms with Gasteiger partial charge in [0.2, 0.25) is 0 Å². The SMILES string of the molecule is CC(=O)CNc1ccccc1C(F)(F)F. The van der Waals surface area contributed by atoms with E-state index in [2.05, 4.69) is 5.32 Å². The molecule has 15 heavy (non-hydrogen) atoms. The van der Waals surface area contributed by atoms with Crippen molar-refractivity contribution in [3.8, 4) is 0 Å². The number of carbonyl (C=O) groups excluding carboxylic acids is 1. The average molecular weight is 217 g/mol. The summed E-state index contributed by atoms with van der Waals surface area (Å²) in [5, 5.41) is 2.45. The average Bonchev–Trinajstić information content (AvgIpc) is 2.13. The summed E-state index contributed by atoms with van der Waals surface area (Å²) < 4.78 is 37.3. The number of anilines is 1. The number of nitrogens with one attached hydrogen (secondary N) is 1. The first-order valence-corrected chi connectivity index (χ1v) is 4.31. The summed E-state index contributed by atoms with van der Waals surface area (Å²) in [6, 6.07) is 5.06. The van der Waals surface area contributed by atoms with Gasteiger partial charge in [-0.15, -0.1) is 0 Å². The first-order valence-electron chi connectivity index (χ1n) is 4.31. The molecule has 0 saturated heterocycles. The fourth-order valence-corrected chi connectivity index (χ4v) is 1.10. The van der Waals surface area contributed by atoms with Crippen molar-refractivity contribution in [3.63, 3.8) is 0 Å². The Labute approximate surface area is 85.1 Å². The van der Waals surface area contributed by atoms with Gasteiger partial charge in [0.05, 0.1) is 12.1 Å². The van der Waals surface area contributed by atoms with Crippen molar-refractivity contribution in [3.05, 3.63) is 29.8 Å². The van der Waals surface area contributed by atoms with Gasteiger partial charge in [-0.2, -0.15) is 13.2 Å². The van der Waals surface area contributed by atoms with Gasteiger partial charge in [0.25, 0.3) is 0 Å². The zero-order valence-corrected chi connectivity index (χ0v) is 8.06. The zero-order valence-electron chi connectivity index (χ0n) is 8.06. The lowest BCUT2D eigenvalue weighted by atomic mass is 10.1. The highest BCUT2D eigenvalue weighted by atomic mass is 19.4. The van der Waals surface area contributed by atoms with Crippen molar-refractivity contribution in [1.29, 1.82) is 0 Å². The Morgan fingerprint density at radius 1 is 1.33 bits per heavy atom. The predicted octanol–water partition coefficient (Wildman–Crippen LogP) is 2.71. The number of rotatable bonds is 3. The van der Waals surface area contributed by atoms with Gasteiger partial charge >= 0.3 is 6.18 Å². The van der Waals surface area contributed by atoms with Gasteiger partial charge in [0.1, 0.15) is 5.78 Å². The minimum Gasteiger partial charge on any atom is -0.377 e. The molecule has 1 aromatic carbocycles. The van der Waals surface area contributed by atoms with Crippen molar-refractivity contribution in [2.45, 2.75) is 13.1 Å². The van der Waals surface area contributed by atoms with Gasteiger partial charge in [0, 0.05) is 5.69 Å². The van der Waals surface area contributed by atoms with Gasteiger partial charge in [-0.25, -0.2) is 0 Å². The summed E-state index contributed by atoms with van der Waals surface area (Å²) in [5.41, 5.74) is -0.827. The van der Waals surface area contributed by atoms with E-state index in [4.69, 9.17) is 0 Å². The van der Waals surface area contributed by atoms with E-state index in [1.807, 2.05) is 0 Å². The van der Waals surface area contributed by atoms with Crippen molar-refractivity contribution in [1.82, 2.24) is 0 Å². The van der Waals surface area contributed by atoms with Crippen molar-refractivity contribution < 1.29 is 18.0 Å². The van der Waals surface area contributed by atoms with Crippen LogP contribution in [-0.2, 0) is 11.0 Å². The number of hydrogen-bond donors (Lipinski definition) is 1. The molecule has 0 aliphatic rings. The number of carbonyl (C=O) groups is 1. The van der Waals surface area contributed by atoms with Crippen LogP contribution in [0, 0.1) is 0 Å². The van der Waals surface area contributed by atoms with Crippen LogP contribution < -0.4 is 5.32 Å². The van der Waals surface area contributed by atoms with Crippen LogP contribution in [0.25, 0.3) is 0 Å². The lowest BCUT2D eigenvalue weighted by Gasteiger charge is -2.13. The summed E-state index contributed by atoms with van der Waals surface area (Å²) >= 11 is 0. The number of benzene rings is 1. The first-order chi connectivity index (χ1) is 6.91. The molecule has 0 spiro atoms. The molecule has 0 fully saturated rings. The Bertz CT molecular complexity index is 360. The number of Topliss-reactive ketones (excluding diaryl/α,β-unsaturated/α-hetero) is 1. The highest BCUT2D eigenvalue weighted by Crippen LogP contribution is 2.34. The lowest BCUT2D eigenvalue weighted by molar-refractivity contribution is -0.137. The zero-order chi connectivity index (χ0) is 11.5. The number of para-hydroxylation sites is 1. The van der Waals surface area contributed by atoms with Crippen molar-refractivity contribution in [2.75, 3.05) is 11.9 Å². The molecule has 0 heterocycles. The molecule has 1 N–H and O–H groups in total. The topological polar surface area (TPSA) is 29.1 Å². The summed E-state index contributed by atoms with van der Waals surface area (Å²) in [5.74, 6) is -0.216. The molecular formula is C10H10F3NO. The Morgan fingerprint density at radius 3 is 2.47 bits per heavy atom. The molecule has 0 atom stereocenters. The molecule has 0 aliphatic carbocycles. The van der Waals surface area contributed by atoms with Crippen LogP contribution in [0.5, 0.6) is 0 Å². The third-order valence-electron chi connectivity index (χ3n) is 1.76. The van der Waals surface area contributed by atoms with E-state index in [0.29, 0.717) is 0 Å². The minimum atomic E-state index is -4.40. The molecular weight excluding hydrogens is 207 g/mol. The van der Waals surface area contributed by atoms with Crippen molar-refractivity contribution >= 4 is 11.5 Å². The molecule has 0 saturated carbocycles. The van der Waals surface area contributed by atoms with Gasteiger partial charge in [0.15, 0.2) is 0 Å². The van der Waals surface area contributed by atoms with Crippen molar-refractivity contribution in [2.24, 2.45) is 0 Å². The predicted molar refractivity (Wildman–Crippen MR) is 50.6 cm³/mol. The van der Waals surface area contributed by atoms with E-state index in [9.17, 15) is 18.0 Å². The van der Waals surface area contributed by atoms with E-state index in [1.54, 1.807) is 0 Å². The van der Waals surface area contributed by atoms with E-state index in [1.165, 1.54) is 25.1 Å². The highest BCUT2D eigenvalue weighted by molar-refractivity contribution is 5.80. The van der Waals surface area contributed by atoms with Crippen LogP contribution in [-0.4, -0.2) is 12.3 Å². The fourth-order valence-electron chi connectivity index (χ4n) is 1.10. The van der Waals surface area contributed by atoms with Gasteiger partial charge in [-0.3, -0.25) is 4.79 Å². The van der Waals surface area contributed by atoms with E-state index >= 15 is 0 Å². The largest absolute Gasteiger partial charge is 0.418 e. The van der Waals surface area contributed by atoms with Crippen LogP contribution in [0.4, 0.5) is 18.9 Å². The second-order valence-electron chi connectivity index (χ2n) is 3.10. The molecule has 2 nitrogen and oxygen atoms in total. The van der Waals surface area contributed by atoms with Crippen LogP contribution in [0.1, 0.15) is 12.5 Å². The molecule has 0 bridgehead atoms. The maximum atomic E-state index is 12.4. The van der Waals surface area contributed by atoms with Crippen LogP contribution in [0.15, 0.2) is 24.3 Å². The summed E-state index contributed by atoms with van der Waals surface area (Å²) in [7, 11) is 0. The lowest BCUT2D eigenvalue weighted by Crippen LogP contribution is -2.14. The molecule has 1 rings (SSSR count). The molecule has 82 valence electrons. The summed E-state index contributed by atoms with van der Waals surface area (Å²) in [4.78, 5) is 10.6. The maximum Gasteiger partial charge on any atom is 0.418 e. The third kappa shape index (κ3) is 3.27. The molecule has 0 amide bonds. The van der Waals surface area contributed by atoms with Crippen LogP contribution in [0.2, 0.25) is 0 Å². The summed E-state index contributed by atoms with van der Waals surface area (Å²) in [6.45, 7) is 1.20. The van der Waals surface area contributed by atoms with E-state index < -0.39 is 11.7 Å². The van der Waals surface area contributed by atoms with E-state index in [0.717, 1.165) is 6.07 Å². The first kappa shape index (κ1) is 11.6. The number of alkyl halides is 3. The molecule has 0 aromatic heterocycles. The molecule has 0 unspecified atom stereocenters. The number of ketones is 1. The normalized spacial score (nSPS) is 11.2. The van der Waals surface area contributed by atoms with Crippen LogP contribution >= 0.6 is 0 Å². The standard InChI is InChI=1S/C10H10F3NO/c1-7(15)6-14-9-5-3-2-4-8(9)10(11,12)13/h2-5,14H,6H2,1H3. The quantitative estimate of drug-likeness (QED) is 0.843. The van der Waals surface area contributed by atoms with Crippen LogP contribution in [0.3, 0.4) is 0 Å². The molecule has 5 heteroatoms. The Kier molecular flexibility index (Phi) is 3.34. The smallest absolute Gasteiger partial charge is 0.377 e. The fraction of sp³-hybridized carbons (Fsp3) is 0.300.